The van der Waals surface area contributed by atoms with Crippen LogP contribution in [0.5, 0.6) is 0 Å². The molecule has 0 heterocycles. The molecule has 0 aliphatic rings. The number of carbonyl (C=O) groups excluding carboxylic acids is 2. The topological polar surface area (TPSA) is 117 Å². The van der Waals surface area contributed by atoms with Gasteiger partial charge in [0.05, 0.1) is 11.4 Å². The number of halogens is 1. The number of nitrogens with zero attached hydrogens (tertiary/aromatic N) is 1. The number of para-hydroxylation sites is 1. The van der Waals surface area contributed by atoms with Crippen molar-refractivity contribution in [2.75, 3.05) is 23.3 Å². The molecule has 33 heavy (non-hydrogen) atoms. The highest BCUT2D eigenvalue weighted by molar-refractivity contribution is 5.90. The summed E-state index contributed by atoms with van der Waals surface area (Å²) in [7, 11) is 0. The Bertz CT molecular complexity index is 861. The fourth-order valence-corrected chi connectivity index (χ4v) is 2.79. The number of carboxylic acids is 1. The van der Waals surface area contributed by atoms with Crippen LogP contribution in [0.1, 0.15) is 48.0 Å². The molecule has 1 aromatic carbocycles. The Hall–Kier alpha value is -3.30. The number of benzene rings is 1. The number of carbonyl (C=O) groups is 3. The van der Waals surface area contributed by atoms with Gasteiger partial charge in [0.15, 0.2) is 0 Å². The van der Waals surface area contributed by atoms with Crippen LogP contribution in [0.15, 0.2) is 30.9 Å². The summed E-state index contributed by atoms with van der Waals surface area (Å²) in [6, 6.07) is 2.88. The van der Waals surface area contributed by atoms with E-state index in [1.807, 2.05) is 0 Å². The van der Waals surface area contributed by atoms with Gasteiger partial charge in [-0.2, -0.15) is 0 Å². The smallest absolute Gasteiger partial charge is 0.412 e. The first kappa shape index (κ1) is 27.7. The van der Waals surface area contributed by atoms with E-state index in [0.717, 1.165) is 0 Å². The van der Waals surface area contributed by atoms with Crippen LogP contribution < -0.4 is 15.5 Å². The number of carboxylic acid groups (broad SMARTS) is 1. The molecular formula is C23H34FN3O6. The third kappa shape index (κ3) is 10.2. The van der Waals surface area contributed by atoms with Crippen molar-refractivity contribution in [3.05, 3.63) is 36.7 Å². The Balaban J connectivity index is 3.08. The molecule has 0 spiro atoms. The van der Waals surface area contributed by atoms with E-state index in [1.165, 1.54) is 29.2 Å². The molecule has 1 atom stereocenters. The lowest BCUT2D eigenvalue weighted by atomic mass is 10.1. The van der Waals surface area contributed by atoms with Crippen LogP contribution >= 0.6 is 0 Å². The molecule has 184 valence electrons. The Morgan fingerprint density at radius 1 is 1.12 bits per heavy atom. The molecule has 0 aliphatic heterocycles. The lowest BCUT2D eigenvalue weighted by molar-refractivity contribution is -0.139. The van der Waals surface area contributed by atoms with E-state index in [9.17, 15) is 23.9 Å². The molecule has 2 amide bonds. The zero-order valence-corrected chi connectivity index (χ0v) is 20.0. The Morgan fingerprint density at radius 2 is 1.70 bits per heavy atom. The van der Waals surface area contributed by atoms with E-state index >= 15 is 0 Å². The predicted molar refractivity (Wildman–Crippen MR) is 124 cm³/mol. The van der Waals surface area contributed by atoms with E-state index in [1.54, 1.807) is 41.5 Å². The maximum atomic E-state index is 14.8. The van der Waals surface area contributed by atoms with Crippen molar-refractivity contribution in [3.63, 3.8) is 0 Å². The fraction of sp³-hybridized carbons (Fsp3) is 0.522. The second-order valence-electron chi connectivity index (χ2n) is 9.32. The summed E-state index contributed by atoms with van der Waals surface area (Å²) in [4.78, 5) is 37.4. The molecular weight excluding hydrogens is 433 g/mol. The van der Waals surface area contributed by atoms with Crippen molar-refractivity contribution in [2.24, 2.45) is 0 Å². The zero-order chi connectivity index (χ0) is 25.4. The summed E-state index contributed by atoms with van der Waals surface area (Å²) >= 11 is 0. The number of anilines is 2. The normalized spacial score (nSPS) is 12.3. The third-order valence-electron chi connectivity index (χ3n) is 3.96. The van der Waals surface area contributed by atoms with Crippen molar-refractivity contribution in [2.45, 2.75) is 65.2 Å². The molecule has 0 fully saturated rings. The highest BCUT2D eigenvalue weighted by Crippen LogP contribution is 2.30. The first-order chi connectivity index (χ1) is 15.1. The number of ether oxygens (including phenoxy) is 2. The molecule has 1 aromatic rings. The van der Waals surface area contributed by atoms with Crippen molar-refractivity contribution < 1.29 is 33.4 Å². The van der Waals surface area contributed by atoms with Crippen LogP contribution in [0.4, 0.5) is 25.4 Å². The van der Waals surface area contributed by atoms with Crippen molar-refractivity contribution in [3.8, 4) is 0 Å². The number of hydrogen-bond donors (Lipinski definition) is 3. The number of amides is 2. The van der Waals surface area contributed by atoms with Gasteiger partial charge in [0, 0.05) is 13.1 Å². The van der Waals surface area contributed by atoms with Gasteiger partial charge in [0.1, 0.15) is 23.1 Å². The van der Waals surface area contributed by atoms with Crippen molar-refractivity contribution in [1.82, 2.24) is 5.32 Å². The summed E-state index contributed by atoms with van der Waals surface area (Å²) in [5.74, 6) is -1.89. The van der Waals surface area contributed by atoms with Crippen LogP contribution in [0, 0.1) is 5.82 Å². The molecule has 9 nitrogen and oxygen atoms in total. The lowest BCUT2D eigenvalue weighted by Gasteiger charge is -2.28. The maximum Gasteiger partial charge on any atom is 0.412 e. The molecule has 0 aliphatic carbocycles. The van der Waals surface area contributed by atoms with Gasteiger partial charge >= 0.3 is 18.2 Å². The van der Waals surface area contributed by atoms with Crippen LogP contribution in [-0.2, 0) is 14.3 Å². The molecule has 0 radical (unpaired) electrons. The van der Waals surface area contributed by atoms with Crippen LogP contribution in [-0.4, -0.2) is 53.6 Å². The van der Waals surface area contributed by atoms with Gasteiger partial charge in [0.2, 0.25) is 0 Å². The molecule has 0 aromatic heterocycles. The summed E-state index contributed by atoms with van der Waals surface area (Å²) in [6.07, 6.45) is -0.185. The number of rotatable bonds is 9. The summed E-state index contributed by atoms with van der Waals surface area (Å²) in [6.45, 7) is 13.9. The van der Waals surface area contributed by atoms with E-state index in [-0.39, 0.29) is 30.9 Å². The lowest BCUT2D eigenvalue weighted by Crippen LogP contribution is -2.45. The van der Waals surface area contributed by atoms with Crippen LogP contribution in [0.2, 0.25) is 0 Å². The second-order valence-corrected chi connectivity index (χ2v) is 9.32. The monoisotopic (exact) mass is 467 g/mol. The van der Waals surface area contributed by atoms with E-state index in [0.29, 0.717) is 0 Å². The average Bonchev–Trinajstić information content (AvgIpc) is 2.61. The molecule has 0 unspecified atom stereocenters. The highest BCUT2D eigenvalue weighted by Gasteiger charge is 2.26. The molecule has 0 saturated carbocycles. The van der Waals surface area contributed by atoms with Gasteiger partial charge in [-0.05, 0) is 60.1 Å². The van der Waals surface area contributed by atoms with E-state index in [4.69, 9.17) is 9.47 Å². The Labute approximate surface area is 193 Å². The van der Waals surface area contributed by atoms with Gasteiger partial charge < -0.3 is 24.8 Å². The molecule has 1 rings (SSSR count). The quantitative estimate of drug-likeness (QED) is 0.457. The number of alkyl carbamates (subject to hydrolysis) is 1. The second kappa shape index (κ2) is 11.5. The maximum absolute atomic E-state index is 14.8. The van der Waals surface area contributed by atoms with Crippen molar-refractivity contribution >= 4 is 29.5 Å². The van der Waals surface area contributed by atoms with Crippen LogP contribution in [0.25, 0.3) is 0 Å². The first-order valence-corrected chi connectivity index (χ1v) is 10.5. The van der Waals surface area contributed by atoms with Gasteiger partial charge in [-0.3, -0.25) is 5.32 Å². The standard InChI is InChI=1S/C23H34FN3O6/c1-8-13-27(14-12-17(19(28)29)26-21(31)33-23(5,6)7)18-15(24)10-9-11-16(18)25-20(30)32-22(2,3)4/h8-11,17H,1,12-14H2,2-7H3,(H,25,30)(H,26,31)(H,28,29)/t17-/m0/s1. The van der Waals surface area contributed by atoms with Gasteiger partial charge in [0.25, 0.3) is 0 Å². The number of aliphatic carboxylic acids is 1. The van der Waals surface area contributed by atoms with Gasteiger partial charge in [-0.1, -0.05) is 12.1 Å². The number of nitrogens with one attached hydrogen (secondary N) is 2. The minimum atomic E-state index is -1.28. The third-order valence-corrected chi connectivity index (χ3v) is 3.96. The number of hydrogen-bond acceptors (Lipinski definition) is 6. The molecule has 3 N–H and O–H groups in total. The predicted octanol–water partition coefficient (Wildman–Crippen LogP) is 4.53. The Morgan fingerprint density at radius 3 is 2.21 bits per heavy atom. The SMILES string of the molecule is C=CCN(CC[C@H](NC(=O)OC(C)(C)C)C(=O)O)c1c(F)cccc1NC(=O)OC(C)(C)C. The average molecular weight is 468 g/mol. The van der Waals surface area contributed by atoms with Crippen molar-refractivity contribution in [1.29, 1.82) is 0 Å². The molecule has 0 bridgehead atoms. The summed E-state index contributed by atoms with van der Waals surface area (Å²) in [5, 5.41) is 14.4. The first-order valence-electron chi connectivity index (χ1n) is 10.5. The minimum Gasteiger partial charge on any atom is -0.480 e. The molecule has 0 saturated heterocycles. The minimum absolute atomic E-state index is 0.0305. The molecule has 10 heteroatoms. The summed E-state index contributed by atoms with van der Waals surface area (Å²) in [5.41, 5.74) is -1.35. The highest BCUT2D eigenvalue weighted by atomic mass is 19.1. The zero-order valence-electron chi connectivity index (χ0n) is 20.0. The Kier molecular flexibility index (Phi) is 9.69. The largest absolute Gasteiger partial charge is 0.480 e. The van der Waals surface area contributed by atoms with Crippen LogP contribution in [0.3, 0.4) is 0 Å². The fourth-order valence-electron chi connectivity index (χ4n) is 2.79. The van der Waals surface area contributed by atoms with Gasteiger partial charge in [-0.15, -0.1) is 6.58 Å². The van der Waals surface area contributed by atoms with Gasteiger partial charge in [-0.25, -0.2) is 18.8 Å². The van der Waals surface area contributed by atoms with E-state index in [2.05, 4.69) is 17.2 Å². The summed E-state index contributed by atoms with van der Waals surface area (Å²) < 4.78 is 25.2. The van der Waals surface area contributed by atoms with E-state index < -0.39 is 41.2 Å².